The van der Waals surface area contributed by atoms with Crippen molar-refractivity contribution in [3.8, 4) is 11.4 Å². The van der Waals surface area contributed by atoms with Crippen LogP contribution in [-0.4, -0.2) is 22.9 Å². The summed E-state index contributed by atoms with van der Waals surface area (Å²) in [6.45, 7) is 0. The van der Waals surface area contributed by atoms with Crippen molar-refractivity contribution in [2.45, 2.75) is 0 Å². The van der Waals surface area contributed by atoms with Crippen LogP contribution in [0.5, 0.6) is 0 Å². The summed E-state index contributed by atoms with van der Waals surface area (Å²) in [5.74, 6) is 0.585. The van der Waals surface area contributed by atoms with Gasteiger partial charge in [0.15, 0.2) is 5.76 Å². The monoisotopic (exact) mass is 385 g/mol. The zero-order chi connectivity index (χ0) is 18.3. The highest BCUT2D eigenvalue weighted by molar-refractivity contribution is 6.31. The second kappa shape index (κ2) is 6.52. The van der Waals surface area contributed by atoms with Crippen molar-refractivity contribution in [3.05, 3.63) is 70.6 Å². The van der Waals surface area contributed by atoms with Gasteiger partial charge in [-0.2, -0.15) is 0 Å². The van der Waals surface area contributed by atoms with Gasteiger partial charge in [-0.3, -0.25) is 4.79 Å². The van der Waals surface area contributed by atoms with Gasteiger partial charge in [-0.15, -0.1) is 0 Å². The molecular weight excluding hydrogens is 373 g/mol. The van der Waals surface area contributed by atoms with Crippen LogP contribution in [-0.2, 0) is 0 Å². The summed E-state index contributed by atoms with van der Waals surface area (Å²) in [7, 11) is 1.68. The number of aromatic nitrogens is 2. The van der Waals surface area contributed by atoms with E-state index in [4.69, 9.17) is 27.6 Å². The number of furan rings is 1. The highest BCUT2D eigenvalue weighted by Crippen LogP contribution is 2.33. The van der Waals surface area contributed by atoms with Crippen LogP contribution in [0.25, 0.3) is 22.4 Å². The molecule has 0 radical (unpaired) electrons. The van der Waals surface area contributed by atoms with Gasteiger partial charge in [0.05, 0.1) is 23.0 Å². The van der Waals surface area contributed by atoms with Crippen molar-refractivity contribution in [2.24, 2.45) is 0 Å². The molecule has 0 atom stereocenters. The number of aromatic amines is 1. The van der Waals surface area contributed by atoms with Crippen LogP contribution in [0, 0.1) is 0 Å². The minimum atomic E-state index is -0.266. The number of amides is 1. The van der Waals surface area contributed by atoms with Crippen molar-refractivity contribution >= 4 is 45.8 Å². The number of nitrogens with zero attached hydrogens (tertiary/aromatic N) is 2. The molecule has 0 aliphatic rings. The number of rotatable bonds is 3. The van der Waals surface area contributed by atoms with E-state index in [0.717, 1.165) is 11.0 Å². The quantitative estimate of drug-likeness (QED) is 0.512. The van der Waals surface area contributed by atoms with Crippen molar-refractivity contribution in [3.63, 3.8) is 0 Å². The molecule has 1 amide bonds. The summed E-state index contributed by atoms with van der Waals surface area (Å²) in [6.07, 6.45) is 1.47. The Morgan fingerprint density at radius 2 is 1.88 bits per heavy atom. The number of H-pyrrole nitrogens is 1. The highest BCUT2D eigenvalue weighted by Gasteiger charge is 2.21. The van der Waals surface area contributed by atoms with Crippen LogP contribution < -0.4 is 4.90 Å². The van der Waals surface area contributed by atoms with Gasteiger partial charge in [0.2, 0.25) is 0 Å². The molecule has 0 unspecified atom stereocenters. The van der Waals surface area contributed by atoms with Crippen LogP contribution in [0.2, 0.25) is 10.0 Å². The maximum absolute atomic E-state index is 12.6. The number of carbonyl (C=O) groups excluding carboxylic acids is 1. The lowest BCUT2D eigenvalue weighted by Gasteiger charge is -2.19. The van der Waals surface area contributed by atoms with Gasteiger partial charge in [-0.05, 0) is 48.5 Å². The molecule has 5 nitrogen and oxygen atoms in total. The lowest BCUT2D eigenvalue weighted by molar-refractivity contribution is 0.0966. The molecule has 26 heavy (non-hydrogen) atoms. The van der Waals surface area contributed by atoms with E-state index in [0.29, 0.717) is 27.1 Å². The fourth-order valence-corrected chi connectivity index (χ4v) is 3.12. The molecule has 2 heterocycles. The van der Waals surface area contributed by atoms with E-state index in [1.807, 2.05) is 6.07 Å². The smallest absolute Gasteiger partial charge is 0.293 e. The van der Waals surface area contributed by atoms with Gasteiger partial charge in [-0.1, -0.05) is 23.2 Å². The minimum absolute atomic E-state index is 0.254. The van der Waals surface area contributed by atoms with Gasteiger partial charge in [0.25, 0.3) is 5.91 Å². The van der Waals surface area contributed by atoms with E-state index in [1.54, 1.807) is 49.5 Å². The first-order chi connectivity index (χ1) is 12.5. The molecule has 4 aromatic rings. The average molecular weight is 386 g/mol. The molecule has 0 bridgehead atoms. The Balaban J connectivity index is 1.82. The van der Waals surface area contributed by atoms with E-state index >= 15 is 0 Å². The number of halogens is 2. The number of anilines is 1. The molecule has 2 aromatic heterocycles. The molecule has 0 saturated heterocycles. The third kappa shape index (κ3) is 2.96. The Morgan fingerprint density at radius 3 is 2.65 bits per heavy atom. The standard InChI is InChI=1S/C19H13Cl2N3O2/c1-24(19(25)17-3-2-8-26-17)16-7-5-11(20)9-13(16)18-22-14-6-4-12(21)10-15(14)23-18/h2-10H,1H3,(H,22,23). The normalized spacial score (nSPS) is 11.0. The molecule has 0 saturated carbocycles. The number of hydrogen-bond acceptors (Lipinski definition) is 3. The average Bonchev–Trinajstić information content (AvgIpc) is 3.29. The first kappa shape index (κ1) is 16.7. The number of hydrogen-bond donors (Lipinski definition) is 1. The van der Waals surface area contributed by atoms with E-state index in [1.165, 1.54) is 11.2 Å². The summed E-state index contributed by atoms with van der Waals surface area (Å²) < 4.78 is 5.21. The predicted octanol–water partition coefficient (Wildman–Crippen LogP) is 5.41. The molecule has 4 rings (SSSR count). The molecule has 130 valence electrons. The van der Waals surface area contributed by atoms with E-state index in [-0.39, 0.29) is 11.7 Å². The Hall–Kier alpha value is -2.76. The van der Waals surface area contributed by atoms with Gasteiger partial charge < -0.3 is 14.3 Å². The highest BCUT2D eigenvalue weighted by atomic mass is 35.5. The number of fused-ring (bicyclic) bond motifs is 1. The topological polar surface area (TPSA) is 62.1 Å². The first-order valence-electron chi connectivity index (χ1n) is 7.79. The number of nitrogens with one attached hydrogen (secondary N) is 1. The van der Waals surface area contributed by atoms with Gasteiger partial charge in [-0.25, -0.2) is 4.98 Å². The fraction of sp³-hybridized carbons (Fsp3) is 0.0526. The Morgan fingerprint density at radius 1 is 1.12 bits per heavy atom. The van der Waals surface area contributed by atoms with Crippen LogP contribution in [0.3, 0.4) is 0 Å². The maximum Gasteiger partial charge on any atom is 0.293 e. The van der Waals surface area contributed by atoms with Gasteiger partial charge >= 0.3 is 0 Å². The summed E-state index contributed by atoms with van der Waals surface area (Å²) in [5, 5.41) is 1.16. The van der Waals surface area contributed by atoms with Crippen LogP contribution in [0.15, 0.2) is 59.2 Å². The molecule has 0 aliphatic heterocycles. The fourth-order valence-electron chi connectivity index (χ4n) is 2.77. The zero-order valence-corrected chi connectivity index (χ0v) is 15.2. The van der Waals surface area contributed by atoms with Gasteiger partial charge in [0.1, 0.15) is 5.82 Å². The third-order valence-electron chi connectivity index (χ3n) is 4.06. The number of imidazole rings is 1. The largest absolute Gasteiger partial charge is 0.459 e. The zero-order valence-electron chi connectivity index (χ0n) is 13.7. The van der Waals surface area contributed by atoms with Crippen LogP contribution in [0.1, 0.15) is 10.6 Å². The predicted molar refractivity (Wildman–Crippen MR) is 103 cm³/mol. The van der Waals surface area contributed by atoms with Crippen molar-refractivity contribution < 1.29 is 9.21 Å². The Bertz CT molecular complexity index is 1100. The molecule has 0 spiro atoms. The maximum atomic E-state index is 12.6. The lowest BCUT2D eigenvalue weighted by Crippen LogP contribution is -2.26. The van der Waals surface area contributed by atoms with E-state index < -0.39 is 0 Å². The van der Waals surface area contributed by atoms with E-state index in [2.05, 4.69) is 9.97 Å². The van der Waals surface area contributed by atoms with Crippen molar-refractivity contribution in [1.29, 1.82) is 0 Å². The second-order valence-corrected chi connectivity index (χ2v) is 6.62. The number of carbonyl (C=O) groups is 1. The van der Waals surface area contributed by atoms with Crippen LogP contribution in [0.4, 0.5) is 5.69 Å². The molecule has 0 aliphatic carbocycles. The molecule has 2 aromatic carbocycles. The van der Waals surface area contributed by atoms with E-state index in [9.17, 15) is 4.79 Å². The molecule has 0 fully saturated rings. The third-order valence-corrected chi connectivity index (χ3v) is 4.53. The minimum Gasteiger partial charge on any atom is -0.459 e. The van der Waals surface area contributed by atoms with Crippen molar-refractivity contribution in [1.82, 2.24) is 9.97 Å². The first-order valence-corrected chi connectivity index (χ1v) is 8.55. The molecule has 7 heteroatoms. The molecule has 1 N–H and O–H groups in total. The summed E-state index contributed by atoms with van der Waals surface area (Å²) in [4.78, 5) is 22.0. The van der Waals surface area contributed by atoms with Gasteiger partial charge in [0, 0.05) is 22.7 Å². The summed E-state index contributed by atoms with van der Waals surface area (Å²) >= 11 is 12.2. The SMILES string of the molecule is CN(C(=O)c1ccco1)c1ccc(Cl)cc1-c1nc2ccc(Cl)cc2[nH]1. The Kier molecular flexibility index (Phi) is 4.18. The molecular formula is C19H13Cl2N3O2. The van der Waals surface area contributed by atoms with Crippen LogP contribution >= 0.6 is 23.2 Å². The van der Waals surface area contributed by atoms with Crippen molar-refractivity contribution in [2.75, 3.05) is 11.9 Å². The summed E-state index contributed by atoms with van der Waals surface area (Å²) in [6, 6.07) is 14.0. The number of benzene rings is 2. The second-order valence-electron chi connectivity index (χ2n) is 5.75. The lowest BCUT2D eigenvalue weighted by atomic mass is 10.1. The Labute approximate surface area is 159 Å². The summed E-state index contributed by atoms with van der Waals surface area (Å²) in [5.41, 5.74) is 2.93.